The van der Waals surface area contributed by atoms with Crippen LogP contribution in [0, 0.1) is 0 Å². The van der Waals surface area contributed by atoms with Gasteiger partial charge in [0.2, 0.25) is 0 Å². The largest absolute Gasteiger partial charge is 0.314 e. The van der Waals surface area contributed by atoms with Gasteiger partial charge < -0.3 is 5.32 Å². The summed E-state index contributed by atoms with van der Waals surface area (Å²) in [5, 5.41) is 7.71. The Hall–Kier alpha value is -0.580. The molecule has 0 aromatic carbocycles. The van der Waals surface area contributed by atoms with Crippen LogP contribution in [0.5, 0.6) is 0 Å². The fourth-order valence-corrected chi connectivity index (χ4v) is 2.11. The molecule has 4 nitrogen and oxygen atoms in total. The number of rotatable bonds is 3. The van der Waals surface area contributed by atoms with Crippen LogP contribution >= 0.6 is 12.4 Å². The summed E-state index contributed by atoms with van der Waals surface area (Å²) >= 11 is 0. The van der Waals surface area contributed by atoms with Crippen molar-refractivity contribution in [2.45, 2.75) is 33.0 Å². The van der Waals surface area contributed by atoms with Gasteiger partial charge in [-0.2, -0.15) is 5.10 Å². The Morgan fingerprint density at radius 2 is 2.38 bits per heavy atom. The fourth-order valence-electron chi connectivity index (χ4n) is 2.11. The predicted molar refractivity (Wildman–Crippen MR) is 67.9 cm³/mol. The van der Waals surface area contributed by atoms with Gasteiger partial charge in [0, 0.05) is 45.0 Å². The first kappa shape index (κ1) is 13.5. The summed E-state index contributed by atoms with van der Waals surface area (Å²) in [6.45, 7) is 9.73. The van der Waals surface area contributed by atoms with Crippen LogP contribution < -0.4 is 5.32 Å². The lowest BCUT2D eigenvalue weighted by Gasteiger charge is -2.33. The van der Waals surface area contributed by atoms with Crippen molar-refractivity contribution < 1.29 is 0 Å². The zero-order valence-electron chi connectivity index (χ0n) is 10.0. The van der Waals surface area contributed by atoms with Gasteiger partial charge >= 0.3 is 0 Å². The second-order valence-corrected chi connectivity index (χ2v) is 4.16. The van der Waals surface area contributed by atoms with Crippen LogP contribution in [0.2, 0.25) is 0 Å². The van der Waals surface area contributed by atoms with E-state index in [0.717, 1.165) is 32.7 Å². The van der Waals surface area contributed by atoms with E-state index in [0.29, 0.717) is 6.04 Å². The number of nitrogens with one attached hydrogen (secondary N) is 1. The molecule has 2 heterocycles. The number of hydrogen-bond acceptors (Lipinski definition) is 3. The van der Waals surface area contributed by atoms with Crippen molar-refractivity contribution in [3.63, 3.8) is 0 Å². The minimum Gasteiger partial charge on any atom is -0.314 e. The number of piperazine rings is 1. The second-order valence-electron chi connectivity index (χ2n) is 4.16. The summed E-state index contributed by atoms with van der Waals surface area (Å²) in [5.74, 6) is 0. The van der Waals surface area contributed by atoms with Crippen molar-refractivity contribution in [3.05, 3.63) is 18.0 Å². The highest BCUT2D eigenvalue weighted by molar-refractivity contribution is 5.85. The molecule has 1 atom stereocenters. The topological polar surface area (TPSA) is 33.1 Å². The molecule has 0 radical (unpaired) electrons. The molecule has 0 unspecified atom stereocenters. The lowest BCUT2D eigenvalue weighted by Crippen LogP contribution is -2.49. The van der Waals surface area contributed by atoms with E-state index in [9.17, 15) is 0 Å². The maximum absolute atomic E-state index is 4.30. The fraction of sp³-hybridized carbons (Fsp3) is 0.727. The van der Waals surface area contributed by atoms with Crippen LogP contribution in [0.15, 0.2) is 12.3 Å². The molecular formula is C11H21ClN4. The molecule has 1 aromatic heterocycles. The molecule has 92 valence electrons. The molecule has 0 aliphatic carbocycles. The summed E-state index contributed by atoms with van der Waals surface area (Å²) in [5.41, 5.74) is 1.33. The van der Waals surface area contributed by atoms with Crippen LogP contribution in [0.4, 0.5) is 0 Å². The maximum Gasteiger partial charge on any atom is 0.0524 e. The van der Waals surface area contributed by atoms with Gasteiger partial charge in [-0.3, -0.25) is 9.58 Å². The van der Waals surface area contributed by atoms with E-state index in [2.05, 4.69) is 39.9 Å². The lowest BCUT2D eigenvalue weighted by molar-refractivity contribution is 0.161. The highest BCUT2D eigenvalue weighted by Crippen LogP contribution is 2.09. The summed E-state index contributed by atoms with van der Waals surface area (Å²) in [4.78, 5) is 2.51. The summed E-state index contributed by atoms with van der Waals surface area (Å²) in [7, 11) is 0. The van der Waals surface area contributed by atoms with Gasteiger partial charge in [0.1, 0.15) is 0 Å². The van der Waals surface area contributed by atoms with E-state index in [1.165, 1.54) is 5.69 Å². The molecule has 0 saturated carbocycles. The first-order chi connectivity index (χ1) is 7.31. The zero-order chi connectivity index (χ0) is 10.7. The molecule has 0 spiro atoms. The molecule has 0 bridgehead atoms. The molecule has 1 saturated heterocycles. The molecule has 1 aliphatic heterocycles. The number of halogens is 1. The van der Waals surface area contributed by atoms with E-state index < -0.39 is 0 Å². The Bertz CT molecular complexity index is 313. The Morgan fingerprint density at radius 3 is 3.06 bits per heavy atom. The van der Waals surface area contributed by atoms with Gasteiger partial charge in [0.15, 0.2) is 0 Å². The van der Waals surface area contributed by atoms with Crippen molar-refractivity contribution in [2.24, 2.45) is 0 Å². The SMILES string of the molecule is CCn1nccc1CN1CCNC[C@H]1C.Cl. The van der Waals surface area contributed by atoms with Gasteiger partial charge in [-0.1, -0.05) is 0 Å². The molecule has 5 heteroatoms. The average molecular weight is 245 g/mol. The van der Waals surface area contributed by atoms with Gasteiger partial charge in [0.25, 0.3) is 0 Å². The second kappa shape index (κ2) is 6.23. The van der Waals surface area contributed by atoms with Crippen LogP contribution in [0.25, 0.3) is 0 Å². The van der Waals surface area contributed by atoms with Crippen molar-refractivity contribution in [2.75, 3.05) is 19.6 Å². The molecule has 1 aromatic rings. The number of hydrogen-bond donors (Lipinski definition) is 1. The minimum absolute atomic E-state index is 0. The van der Waals surface area contributed by atoms with Crippen molar-refractivity contribution in [1.29, 1.82) is 0 Å². The Labute approximate surface area is 103 Å². The van der Waals surface area contributed by atoms with Crippen molar-refractivity contribution >= 4 is 12.4 Å². The molecule has 1 fully saturated rings. The van der Waals surface area contributed by atoms with E-state index >= 15 is 0 Å². The van der Waals surface area contributed by atoms with E-state index in [1.807, 2.05) is 6.20 Å². The summed E-state index contributed by atoms with van der Waals surface area (Å²) in [6.07, 6.45) is 1.89. The molecular weight excluding hydrogens is 224 g/mol. The Morgan fingerprint density at radius 1 is 1.56 bits per heavy atom. The van der Waals surface area contributed by atoms with Crippen molar-refractivity contribution in [1.82, 2.24) is 20.0 Å². The normalized spacial score (nSPS) is 21.8. The first-order valence-corrected chi connectivity index (χ1v) is 5.76. The van der Waals surface area contributed by atoms with Gasteiger partial charge in [0.05, 0.1) is 5.69 Å². The van der Waals surface area contributed by atoms with Gasteiger partial charge in [-0.15, -0.1) is 12.4 Å². The highest BCUT2D eigenvalue weighted by Gasteiger charge is 2.18. The summed E-state index contributed by atoms with van der Waals surface area (Å²) in [6, 6.07) is 2.75. The molecule has 0 amide bonds. The molecule has 1 N–H and O–H groups in total. The smallest absolute Gasteiger partial charge is 0.0524 e. The molecule has 2 rings (SSSR count). The Kier molecular flexibility index (Phi) is 5.25. The quantitative estimate of drug-likeness (QED) is 0.865. The van der Waals surface area contributed by atoms with Gasteiger partial charge in [-0.25, -0.2) is 0 Å². The first-order valence-electron chi connectivity index (χ1n) is 5.76. The molecule has 1 aliphatic rings. The monoisotopic (exact) mass is 244 g/mol. The van der Waals surface area contributed by atoms with Crippen molar-refractivity contribution in [3.8, 4) is 0 Å². The third kappa shape index (κ3) is 2.97. The third-order valence-corrected chi connectivity index (χ3v) is 3.11. The van der Waals surface area contributed by atoms with Crippen LogP contribution in [0.1, 0.15) is 19.5 Å². The van der Waals surface area contributed by atoms with Gasteiger partial charge in [-0.05, 0) is 19.9 Å². The number of nitrogens with zero attached hydrogens (tertiary/aromatic N) is 3. The number of aryl methyl sites for hydroxylation is 1. The van der Waals surface area contributed by atoms with Crippen LogP contribution in [0.3, 0.4) is 0 Å². The maximum atomic E-state index is 4.30. The van der Waals surface area contributed by atoms with Crippen LogP contribution in [-0.4, -0.2) is 40.4 Å². The minimum atomic E-state index is 0. The average Bonchev–Trinajstić information content (AvgIpc) is 2.69. The van der Waals surface area contributed by atoms with E-state index in [4.69, 9.17) is 0 Å². The summed E-state index contributed by atoms with van der Waals surface area (Å²) < 4.78 is 2.08. The van der Waals surface area contributed by atoms with Crippen LogP contribution in [-0.2, 0) is 13.1 Å². The highest BCUT2D eigenvalue weighted by atomic mass is 35.5. The predicted octanol–water partition coefficient (Wildman–Crippen LogP) is 1.12. The zero-order valence-corrected chi connectivity index (χ0v) is 10.8. The lowest BCUT2D eigenvalue weighted by atomic mass is 10.2. The molecule has 16 heavy (non-hydrogen) atoms. The third-order valence-electron chi connectivity index (χ3n) is 3.11. The number of aromatic nitrogens is 2. The van der Waals surface area contributed by atoms with E-state index in [1.54, 1.807) is 0 Å². The van der Waals surface area contributed by atoms with E-state index in [-0.39, 0.29) is 12.4 Å². The Balaban J connectivity index is 0.00000128. The standard InChI is InChI=1S/C11H20N4.ClH/c1-3-15-11(4-5-13-15)9-14-7-6-12-8-10(14)2;/h4-5,10,12H,3,6-9H2,1-2H3;1H/t10-;/m1./s1.